The maximum atomic E-state index is 12.3. The van der Waals surface area contributed by atoms with Crippen molar-refractivity contribution in [2.45, 2.75) is 38.1 Å². The Morgan fingerprint density at radius 1 is 1.07 bits per heavy atom. The first-order valence-electron chi connectivity index (χ1n) is 9.53. The van der Waals surface area contributed by atoms with Crippen molar-refractivity contribution >= 4 is 12.0 Å². The topological polar surface area (TPSA) is 97.3 Å². The lowest BCUT2D eigenvalue weighted by atomic mass is 9.86. The van der Waals surface area contributed by atoms with Gasteiger partial charge in [0.15, 0.2) is 0 Å². The molecule has 2 N–H and O–H groups in total. The molecule has 28 heavy (non-hydrogen) atoms. The van der Waals surface area contributed by atoms with E-state index in [4.69, 9.17) is 19.3 Å². The Balaban J connectivity index is 1.69. The fourth-order valence-corrected chi connectivity index (χ4v) is 3.23. The van der Waals surface area contributed by atoms with Crippen LogP contribution in [0.2, 0.25) is 0 Å². The highest BCUT2D eigenvalue weighted by Crippen LogP contribution is 2.27. The van der Waals surface area contributed by atoms with E-state index in [0.717, 1.165) is 0 Å². The lowest BCUT2D eigenvalue weighted by Gasteiger charge is -2.28. The fourth-order valence-electron chi connectivity index (χ4n) is 3.23. The van der Waals surface area contributed by atoms with E-state index >= 15 is 0 Å². The van der Waals surface area contributed by atoms with Crippen molar-refractivity contribution in [3.63, 3.8) is 0 Å². The van der Waals surface area contributed by atoms with Crippen LogP contribution in [0.3, 0.4) is 0 Å². The minimum Gasteiger partial charge on any atom is -0.496 e. The molecule has 0 aliphatic heterocycles. The summed E-state index contributed by atoms with van der Waals surface area (Å²) in [6, 6.07) is 5.25. The molecule has 1 aromatic rings. The summed E-state index contributed by atoms with van der Waals surface area (Å²) in [7, 11) is 4.91. The SMILES string of the molecule is COc1cc(OC)cc(OCCCN(C)C(=O)NC2CCC(C(=O)O)CC2)c1. The number of amides is 2. The zero-order chi connectivity index (χ0) is 20.5. The zero-order valence-corrected chi connectivity index (χ0v) is 16.8. The average Bonchev–Trinajstić information content (AvgIpc) is 2.70. The van der Waals surface area contributed by atoms with Gasteiger partial charge < -0.3 is 29.5 Å². The largest absolute Gasteiger partial charge is 0.496 e. The second-order valence-corrected chi connectivity index (χ2v) is 7.01. The van der Waals surface area contributed by atoms with E-state index in [2.05, 4.69) is 5.32 Å². The molecular formula is C20H30N2O6. The number of hydrogen-bond donors (Lipinski definition) is 2. The van der Waals surface area contributed by atoms with Gasteiger partial charge in [-0.3, -0.25) is 4.79 Å². The number of carboxylic acids is 1. The quantitative estimate of drug-likeness (QED) is 0.625. The Labute approximate surface area is 165 Å². The number of hydrogen-bond acceptors (Lipinski definition) is 5. The third-order valence-electron chi connectivity index (χ3n) is 4.98. The molecule has 156 valence electrons. The first kappa shape index (κ1) is 21.7. The minimum atomic E-state index is -0.740. The molecule has 8 heteroatoms. The van der Waals surface area contributed by atoms with Crippen LogP contribution in [0, 0.1) is 5.92 Å². The highest BCUT2D eigenvalue weighted by atomic mass is 16.5. The number of nitrogens with one attached hydrogen (secondary N) is 1. The highest BCUT2D eigenvalue weighted by Gasteiger charge is 2.27. The lowest BCUT2D eigenvalue weighted by molar-refractivity contribution is -0.142. The first-order valence-corrected chi connectivity index (χ1v) is 9.53. The van der Waals surface area contributed by atoms with Crippen LogP contribution in [0.25, 0.3) is 0 Å². The smallest absolute Gasteiger partial charge is 0.317 e. The monoisotopic (exact) mass is 394 g/mol. The number of carboxylic acid groups (broad SMARTS) is 1. The number of rotatable bonds is 9. The summed E-state index contributed by atoms with van der Waals surface area (Å²) in [4.78, 5) is 24.9. The fraction of sp³-hybridized carbons (Fsp3) is 0.600. The van der Waals surface area contributed by atoms with Gasteiger partial charge in [0, 0.05) is 37.8 Å². The second-order valence-electron chi connectivity index (χ2n) is 7.01. The Bertz CT molecular complexity index is 636. The second kappa shape index (κ2) is 10.6. The molecular weight excluding hydrogens is 364 g/mol. The van der Waals surface area contributed by atoms with E-state index in [-0.39, 0.29) is 18.0 Å². The van der Waals surface area contributed by atoms with E-state index in [9.17, 15) is 9.59 Å². The number of methoxy groups -OCH3 is 2. The maximum Gasteiger partial charge on any atom is 0.317 e. The van der Waals surface area contributed by atoms with E-state index in [1.54, 1.807) is 44.4 Å². The predicted molar refractivity (Wildman–Crippen MR) is 104 cm³/mol. The molecule has 1 saturated carbocycles. The molecule has 0 saturated heterocycles. The van der Waals surface area contributed by atoms with Crippen LogP contribution in [0.1, 0.15) is 32.1 Å². The molecule has 0 atom stereocenters. The van der Waals surface area contributed by atoms with Gasteiger partial charge in [0.2, 0.25) is 0 Å². The molecule has 1 aliphatic carbocycles. The Hall–Kier alpha value is -2.64. The van der Waals surface area contributed by atoms with Crippen LogP contribution in [0.4, 0.5) is 4.79 Å². The van der Waals surface area contributed by atoms with Gasteiger partial charge in [0.05, 0.1) is 26.7 Å². The molecule has 0 heterocycles. The van der Waals surface area contributed by atoms with Crippen molar-refractivity contribution in [2.75, 3.05) is 34.4 Å². The van der Waals surface area contributed by atoms with Crippen molar-refractivity contribution in [2.24, 2.45) is 5.92 Å². The van der Waals surface area contributed by atoms with Crippen LogP contribution in [0.15, 0.2) is 18.2 Å². The predicted octanol–water partition coefficient (Wildman–Crippen LogP) is 2.76. The van der Waals surface area contributed by atoms with Crippen molar-refractivity contribution in [3.8, 4) is 17.2 Å². The van der Waals surface area contributed by atoms with Crippen molar-refractivity contribution in [1.82, 2.24) is 10.2 Å². The molecule has 8 nitrogen and oxygen atoms in total. The van der Waals surface area contributed by atoms with Crippen molar-refractivity contribution < 1.29 is 28.9 Å². The van der Waals surface area contributed by atoms with Crippen LogP contribution in [0.5, 0.6) is 17.2 Å². The summed E-state index contributed by atoms with van der Waals surface area (Å²) < 4.78 is 16.2. The number of nitrogens with zero attached hydrogens (tertiary/aromatic N) is 1. The molecule has 0 radical (unpaired) electrons. The summed E-state index contributed by atoms with van der Waals surface area (Å²) in [5.74, 6) is 0.944. The molecule has 0 spiro atoms. The van der Waals surface area contributed by atoms with Crippen LogP contribution < -0.4 is 19.5 Å². The molecule has 1 aliphatic rings. The summed E-state index contributed by atoms with van der Waals surface area (Å²) in [5.41, 5.74) is 0. The standard InChI is InChI=1S/C20H30N2O6/c1-22(20(25)21-15-7-5-14(6-8-15)19(23)24)9-4-10-28-18-12-16(26-2)11-17(13-18)27-3/h11-15H,4-10H2,1-3H3,(H,21,25)(H,23,24). The molecule has 0 aromatic heterocycles. The minimum absolute atomic E-state index is 0.0473. The average molecular weight is 394 g/mol. The van der Waals surface area contributed by atoms with Crippen LogP contribution in [-0.2, 0) is 4.79 Å². The van der Waals surface area contributed by atoms with Gasteiger partial charge in [-0.05, 0) is 32.1 Å². The summed E-state index contributed by atoms with van der Waals surface area (Å²) in [5, 5.41) is 12.0. The molecule has 2 amide bonds. The van der Waals surface area contributed by atoms with Gasteiger partial charge in [-0.15, -0.1) is 0 Å². The zero-order valence-electron chi connectivity index (χ0n) is 16.8. The van der Waals surface area contributed by atoms with Crippen LogP contribution in [-0.4, -0.2) is 62.5 Å². The van der Waals surface area contributed by atoms with Gasteiger partial charge >= 0.3 is 12.0 Å². The number of ether oxygens (including phenoxy) is 3. The van der Waals surface area contributed by atoms with E-state index in [1.807, 2.05) is 0 Å². The van der Waals surface area contributed by atoms with Gasteiger partial charge in [-0.2, -0.15) is 0 Å². The molecule has 0 unspecified atom stereocenters. The third-order valence-corrected chi connectivity index (χ3v) is 4.98. The Morgan fingerprint density at radius 2 is 1.64 bits per heavy atom. The third kappa shape index (κ3) is 6.51. The normalized spacial score (nSPS) is 18.8. The molecule has 2 rings (SSSR count). The first-order chi connectivity index (χ1) is 13.4. The molecule has 0 bridgehead atoms. The number of carbonyl (C=O) groups excluding carboxylic acids is 1. The highest BCUT2D eigenvalue weighted by molar-refractivity contribution is 5.74. The van der Waals surface area contributed by atoms with Gasteiger partial charge in [-0.1, -0.05) is 0 Å². The van der Waals surface area contributed by atoms with Crippen molar-refractivity contribution in [3.05, 3.63) is 18.2 Å². The van der Waals surface area contributed by atoms with Gasteiger partial charge in [0.1, 0.15) is 17.2 Å². The van der Waals surface area contributed by atoms with Crippen LogP contribution >= 0.6 is 0 Å². The Kier molecular flexibility index (Phi) is 8.22. The summed E-state index contributed by atoms with van der Waals surface area (Å²) in [6.07, 6.45) is 3.31. The number of benzene rings is 1. The number of urea groups is 1. The van der Waals surface area contributed by atoms with E-state index in [0.29, 0.717) is 62.5 Å². The number of carbonyl (C=O) groups is 2. The molecule has 1 aromatic carbocycles. The van der Waals surface area contributed by atoms with Gasteiger partial charge in [-0.25, -0.2) is 4.79 Å². The van der Waals surface area contributed by atoms with Gasteiger partial charge in [0.25, 0.3) is 0 Å². The Morgan fingerprint density at radius 3 is 2.18 bits per heavy atom. The van der Waals surface area contributed by atoms with E-state index in [1.165, 1.54) is 0 Å². The summed E-state index contributed by atoms with van der Waals surface area (Å²) in [6.45, 7) is 1.01. The molecule has 1 fully saturated rings. The van der Waals surface area contributed by atoms with E-state index < -0.39 is 5.97 Å². The maximum absolute atomic E-state index is 12.3. The van der Waals surface area contributed by atoms with Crippen molar-refractivity contribution in [1.29, 1.82) is 0 Å². The summed E-state index contributed by atoms with van der Waals surface area (Å²) >= 11 is 0. The number of aliphatic carboxylic acids is 1. The lowest BCUT2D eigenvalue weighted by Crippen LogP contribution is -2.45.